The fourth-order valence-electron chi connectivity index (χ4n) is 3.16. The summed E-state index contributed by atoms with van der Waals surface area (Å²) in [5.41, 5.74) is 5.57. The van der Waals surface area contributed by atoms with E-state index in [4.69, 9.17) is 4.42 Å². The molecule has 0 fully saturated rings. The molecule has 0 spiro atoms. The number of thioether (sulfide) groups is 1. The second kappa shape index (κ2) is 7.33. The van der Waals surface area contributed by atoms with Crippen molar-refractivity contribution in [3.63, 3.8) is 0 Å². The van der Waals surface area contributed by atoms with Gasteiger partial charge >= 0.3 is 0 Å². The van der Waals surface area contributed by atoms with Gasteiger partial charge in [-0.3, -0.25) is 4.79 Å². The molecule has 0 saturated heterocycles. The Morgan fingerprint density at radius 3 is 2.88 bits per heavy atom. The van der Waals surface area contributed by atoms with Crippen LogP contribution in [0.2, 0.25) is 0 Å². The lowest BCUT2D eigenvalue weighted by Crippen LogP contribution is -2.14. The zero-order chi connectivity index (χ0) is 17.9. The van der Waals surface area contributed by atoms with Crippen LogP contribution in [-0.4, -0.2) is 21.9 Å². The Labute approximate surface area is 156 Å². The van der Waals surface area contributed by atoms with E-state index in [9.17, 15) is 4.79 Å². The molecule has 0 bridgehead atoms. The highest BCUT2D eigenvalue weighted by Crippen LogP contribution is 2.27. The molecule has 1 aliphatic carbocycles. The second-order valence-electron chi connectivity index (χ2n) is 6.36. The number of carbonyl (C=O) groups is 1. The zero-order valence-electron chi connectivity index (χ0n) is 14.5. The molecule has 0 aliphatic heterocycles. The lowest BCUT2D eigenvalue weighted by molar-refractivity contribution is -0.113. The molecule has 1 N–H and O–H groups in total. The molecule has 3 aromatic rings. The molecular weight excluding hydrogens is 346 g/mol. The highest BCUT2D eigenvalue weighted by molar-refractivity contribution is 7.99. The third-order valence-electron chi connectivity index (χ3n) is 4.49. The minimum absolute atomic E-state index is 0.0800. The van der Waals surface area contributed by atoms with Gasteiger partial charge in [-0.15, -0.1) is 10.2 Å². The smallest absolute Gasteiger partial charge is 0.277 e. The van der Waals surface area contributed by atoms with Crippen LogP contribution in [0, 0.1) is 6.92 Å². The van der Waals surface area contributed by atoms with E-state index in [2.05, 4.69) is 27.6 Å². The van der Waals surface area contributed by atoms with Gasteiger partial charge in [0.2, 0.25) is 11.8 Å². The van der Waals surface area contributed by atoms with Crippen LogP contribution in [0.3, 0.4) is 0 Å². The first-order valence-corrected chi connectivity index (χ1v) is 9.61. The number of nitrogens with zero attached hydrogens (tertiary/aromatic N) is 2. The molecule has 5 nitrogen and oxygen atoms in total. The molecule has 1 aromatic heterocycles. The Morgan fingerprint density at radius 2 is 2.00 bits per heavy atom. The molecule has 6 heteroatoms. The first-order valence-electron chi connectivity index (χ1n) is 8.63. The van der Waals surface area contributed by atoms with Crippen LogP contribution < -0.4 is 5.32 Å². The highest BCUT2D eigenvalue weighted by atomic mass is 32.2. The fourth-order valence-corrected chi connectivity index (χ4v) is 3.73. The minimum atomic E-state index is -0.0800. The maximum absolute atomic E-state index is 12.2. The first kappa shape index (κ1) is 16.8. The van der Waals surface area contributed by atoms with Gasteiger partial charge < -0.3 is 9.73 Å². The molecule has 0 saturated carbocycles. The molecule has 2 aromatic carbocycles. The Kier molecular flexibility index (Phi) is 4.75. The number of aromatic nitrogens is 2. The molecule has 0 unspecified atom stereocenters. The minimum Gasteiger partial charge on any atom is -0.411 e. The third kappa shape index (κ3) is 3.65. The van der Waals surface area contributed by atoms with E-state index in [1.807, 2.05) is 37.3 Å². The van der Waals surface area contributed by atoms with E-state index in [0.717, 1.165) is 29.7 Å². The van der Waals surface area contributed by atoms with E-state index < -0.39 is 0 Å². The molecule has 132 valence electrons. The van der Waals surface area contributed by atoms with Crippen molar-refractivity contribution < 1.29 is 9.21 Å². The summed E-state index contributed by atoms with van der Waals surface area (Å²) in [4.78, 5) is 12.2. The zero-order valence-corrected chi connectivity index (χ0v) is 15.3. The van der Waals surface area contributed by atoms with Crippen molar-refractivity contribution in [1.29, 1.82) is 0 Å². The molecule has 1 heterocycles. The van der Waals surface area contributed by atoms with Gasteiger partial charge in [0.25, 0.3) is 5.22 Å². The SMILES string of the molecule is Cc1ccccc1-c1nnc(SCC(=O)Nc2ccc3c(c2)CCC3)o1. The van der Waals surface area contributed by atoms with Gasteiger partial charge in [0.05, 0.1) is 5.75 Å². The lowest BCUT2D eigenvalue weighted by atomic mass is 10.1. The molecule has 0 radical (unpaired) electrons. The van der Waals surface area contributed by atoms with Crippen LogP contribution in [0.15, 0.2) is 52.1 Å². The average molecular weight is 365 g/mol. The summed E-state index contributed by atoms with van der Waals surface area (Å²) in [6.45, 7) is 2.00. The highest BCUT2D eigenvalue weighted by Gasteiger charge is 2.14. The summed E-state index contributed by atoms with van der Waals surface area (Å²) in [7, 11) is 0. The maximum Gasteiger partial charge on any atom is 0.277 e. The monoisotopic (exact) mass is 365 g/mol. The quantitative estimate of drug-likeness (QED) is 0.684. The van der Waals surface area contributed by atoms with E-state index in [0.29, 0.717) is 11.1 Å². The predicted octanol–water partition coefficient (Wildman–Crippen LogP) is 4.26. The van der Waals surface area contributed by atoms with E-state index >= 15 is 0 Å². The number of fused-ring (bicyclic) bond motifs is 1. The fraction of sp³-hybridized carbons (Fsp3) is 0.250. The van der Waals surface area contributed by atoms with Crippen LogP contribution in [-0.2, 0) is 17.6 Å². The molecule has 0 atom stereocenters. The second-order valence-corrected chi connectivity index (χ2v) is 7.29. The summed E-state index contributed by atoms with van der Waals surface area (Å²) in [6, 6.07) is 14.0. The number of anilines is 1. The van der Waals surface area contributed by atoms with Crippen molar-refractivity contribution in [3.8, 4) is 11.5 Å². The van der Waals surface area contributed by atoms with Gasteiger partial charge in [0, 0.05) is 11.3 Å². The van der Waals surface area contributed by atoms with E-state index in [-0.39, 0.29) is 11.7 Å². The molecule has 4 rings (SSSR count). The van der Waals surface area contributed by atoms with Gasteiger partial charge in [-0.25, -0.2) is 0 Å². The van der Waals surface area contributed by atoms with Gasteiger partial charge in [0.15, 0.2) is 0 Å². The Hall–Kier alpha value is -2.60. The summed E-state index contributed by atoms with van der Waals surface area (Å²) in [5, 5.41) is 11.4. The van der Waals surface area contributed by atoms with Crippen LogP contribution in [0.5, 0.6) is 0 Å². The summed E-state index contributed by atoms with van der Waals surface area (Å²) < 4.78 is 5.67. The van der Waals surface area contributed by atoms with E-state index in [1.54, 1.807) is 0 Å². The Morgan fingerprint density at radius 1 is 1.15 bits per heavy atom. The number of amides is 1. The Balaban J connectivity index is 1.36. The van der Waals surface area contributed by atoms with Crippen LogP contribution in [0.1, 0.15) is 23.1 Å². The molecular formula is C20H19N3O2S. The number of aryl methyl sites for hydroxylation is 3. The van der Waals surface area contributed by atoms with Gasteiger partial charge in [0.1, 0.15) is 0 Å². The average Bonchev–Trinajstić information content (AvgIpc) is 3.29. The van der Waals surface area contributed by atoms with Crippen molar-refractivity contribution in [2.75, 3.05) is 11.1 Å². The largest absolute Gasteiger partial charge is 0.411 e. The maximum atomic E-state index is 12.2. The summed E-state index contributed by atoms with van der Waals surface area (Å²) in [6.07, 6.45) is 3.43. The third-order valence-corrected chi connectivity index (χ3v) is 5.31. The standard InChI is InChI=1S/C20H19N3O2S/c1-13-5-2-3-8-17(13)19-22-23-20(25-19)26-12-18(24)21-16-10-9-14-6-4-7-15(14)11-16/h2-3,5,8-11H,4,6-7,12H2,1H3,(H,21,24). The number of rotatable bonds is 5. The normalized spacial score (nSPS) is 12.8. The number of carbonyl (C=O) groups excluding carboxylic acids is 1. The number of hydrogen-bond acceptors (Lipinski definition) is 5. The van der Waals surface area contributed by atoms with Gasteiger partial charge in [-0.2, -0.15) is 0 Å². The number of benzene rings is 2. The lowest BCUT2D eigenvalue weighted by Gasteiger charge is -2.06. The topological polar surface area (TPSA) is 68.0 Å². The van der Waals surface area contributed by atoms with Crippen molar-refractivity contribution in [1.82, 2.24) is 10.2 Å². The van der Waals surface area contributed by atoms with Crippen LogP contribution in [0.4, 0.5) is 5.69 Å². The van der Waals surface area contributed by atoms with Gasteiger partial charge in [-0.05, 0) is 61.1 Å². The van der Waals surface area contributed by atoms with Crippen molar-refractivity contribution in [2.45, 2.75) is 31.4 Å². The van der Waals surface area contributed by atoms with Gasteiger partial charge in [-0.1, -0.05) is 36.0 Å². The first-order chi connectivity index (χ1) is 12.7. The molecule has 26 heavy (non-hydrogen) atoms. The molecule has 1 aliphatic rings. The van der Waals surface area contributed by atoms with Crippen LogP contribution >= 0.6 is 11.8 Å². The van der Waals surface area contributed by atoms with Crippen molar-refractivity contribution >= 4 is 23.4 Å². The molecule has 1 amide bonds. The summed E-state index contributed by atoms with van der Waals surface area (Å²) >= 11 is 1.24. The number of hydrogen-bond donors (Lipinski definition) is 1. The predicted molar refractivity (Wildman–Crippen MR) is 102 cm³/mol. The van der Waals surface area contributed by atoms with Crippen molar-refractivity contribution in [2.24, 2.45) is 0 Å². The van der Waals surface area contributed by atoms with Crippen molar-refractivity contribution in [3.05, 3.63) is 59.2 Å². The van der Waals surface area contributed by atoms with Crippen LogP contribution in [0.25, 0.3) is 11.5 Å². The summed E-state index contributed by atoms with van der Waals surface area (Å²) in [5.74, 6) is 0.625. The Bertz CT molecular complexity index is 952. The van der Waals surface area contributed by atoms with E-state index in [1.165, 1.54) is 29.3 Å². The number of nitrogens with one attached hydrogen (secondary N) is 1.